The Morgan fingerprint density at radius 3 is 2.23 bits per heavy atom. The summed E-state index contributed by atoms with van der Waals surface area (Å²) in [6.45, 7) is 3.21. The van der Waals surface area contributed by atoms with E-state index in [0.717, 1.165) is 29.2 Å². The molecule has 3 aromatic rings. The standard InChI is InChI=1S/C21H21ClN2OS/c1-16-21(24(26-2)14-17-9-5-3-6-10-17)19(13-20(22)23-16)25-15-18-11-7-4-8-12-18/h3-13H,14-15H2,1-2H3. The molecule has 0 saturated carbocycles. The highest BCUT2D eigenvalue weighted by atomic mass is 35.5. The number of nitrogens with zero attached hydrogens (tertiary/aromatic N) is 2. The molecule has 0 saturated heterocycles. The molecule has 0 aliphatic rings. The molecule has 3 nitrogen and oxygen atoms in total. The minimum atomic E-state index is 0.440. The number of hydrogen-bond donors (Lipinski definition) is 0. The molecule has 0 radical (unpaired) electrons. The van der Waals surface area contributed by atoms with Crippen molar-refractivity contribution >= 4 is 29.2 Å². The van der Waals surface area contributed by atoms with Gasteiger partial charge in [0, 0.05) is 12.3 Å². The number of aromatic nitrogens is 1. The van der Waals surface area contributed by atoms with Crippen molar-refractivity contribution in [1.82, 2.24) is 4.98 Å². The van der Waals surface area contributed by atoms with Crippen LogP contribution < -0.4 is 9.04 Å². The lowest BCUT2D eigenvalue weighted by molar-refractivity contribution is 0.306. The summed E-state index contributed by atoms with van der Waals surface area (Å²) in [6, 6.07) is 22.3. The quantitative estimate of drug-likeness (QED) is 0.373. The molecule has 0 unspecified atom stereocenters. The van der Waals surface area contributed by atoms with Crippen LogP contribution in [0.3, 0.4) is 0 Å². The first kappa shape index (κ1) is 18.6. The number of pyridine rings is 1. The second-order valence-electron chi connectivity index (χ2n) is 5.86. The molecule has 134 valence electrons. The molecule has 0 bridgehead atoms. The lowest BCUT2D eigenvalue weighted by atomic mass is 10.2. The van der Waals surface area contributed by atoms with Crippen LogP contribution in [0, 0.1) is 6.92 Å². The zero-order valence-corrected chi connectivity index (χ0v) is 16.4. The van der Waals surface area contributed by atoms with Gasteiger partial charge in [-0.05, 0) is 18.1 Å². The maximum absolute atomic E-state index is 6.20. The maximum atomic E-state index is 6.20. The fourth-order valence-electron chi connectivity index (χ4n) is 2.73. The highest BCUT2D eigenvalue weighted by Gasteiger charge is 2.18. The fraction of sp³-hybridized carbons (Fsp3) is 0.190. The van der Waals surface area contributed by atoms with Gasteiger partial charge in [-0.1, -0.05) is 84.2 Å². The smallest absolute Gasteiger partial charge is 0.148 e. The Labute approximate surface area is 164 Å². The third kappa shape index (κ3) is 4.71. The molecule has 3 rings (SSSR count). The van der Waals surface area contributed by atoms with E-state index in [9.17, 15) is 0 Å². The SMILES string of the molecule is CSN(Cc1ccccc1)c1c(OCc2ccccc2)cc(Cl)nc1C. The van der Waals surface area contributed by atoms with E-state index in [1.165, 1.54) is 5.56 Å². The van der Waals surface area contributed by atoms with Gasteiger partial charge in [-0.3, -0.25) is 0 Å². The molecule has 0 aliphatic heterocycles. The second kappa shape index (κ2) is 8.97. The predicted octanol–water partition coefficient (Wildman–Crippen LogP) is 5.91. The number of halogens is 1. The molecule has 1 heterocycles. The van der Waals surface area contributed by atoms with Crippen LogP contribution in [0.5, 0.6) is 5.75 Å². The van der Waals surface area contributed by atoms with Gasteiger partial charge in [0.1, 0.15) is 23.2 Å². The summed E-state index contributed by atoms with van der Waals surface area (Å²) >= 11 is 7.84. The number of hydrogen-bond acceptors (Lipinski definition) is 4. The van der Waals surface area contributed by atoms with Gasteiger partial charge in [-0.15, -0.1) is 0 Å². The molecule has 0 spiro atoms. The van der Waals surface area contributed by atoms with E-state index in [2.05, 4.69) is 27.7 Å². The van der Waals surface area contributed by atoms with E-state index in [1.54, 1.807) is 18.0 Å². The van der Waals surface area contributed by atoms with Crippen LogP contribution in [-0.2, 0) is 13.2 Å². The average Bonchev–Trinajstić information content (AvgIpc) is 2.66. The second-order valence-corrected chi connectivity index (χ2v) is 7.05. The summed E-state index contributed by atoms with van der Waals surface area (Å²) < 4.78 is 8.31. The third-order valence-corrected chi connectivity index (χ3v) is 4.92. The third-order valence-electron chi connectivity index (χ3n) is 3.98. The van der Waals surface area contributed by atoms with Gasteiger partial charge in [0.2, 0.25) is 0 Å². The van der Waals surface area contributed by atoms with E-state index in [4.69, 9.17) is 16.3 Å². The van der Waals surface area contributed by atoms with Crippen molar-refractivity contribution in [1.29, 1.82) is 0 Å². The van der Waals surface area contributed by atoms with Crippen LogP contribution in [-0.4, -0.2) is 11.2 Å². The zero-order valence-electron chi connectivity index (χ0n) is 14.9. The molecule has 26 heavy (non-hydrogen) atoms. The monoisotopic (exact) mass is 384 g/mol. The van der Waals surface area contributed by atoms with Crippen LogP contribution in [0.2, 0.25) is 5.15 Å². The largest absolute Gasteiger partial charge is 0.487 e. The lowest BCUT2D eigenvalue weighted by Gasteiger charge is -2.26. The first-order valence-electron chi connectivity index (χ1n) is 8.37. The number of aryl methyl sites for hydroxylation is 1. The summed E-state index contributed by atoms with van der Waals surface area (Å²) in [7, 11) is 0. The highest BCUT2D eigenvalue weighted by Crippen LogP contribution is 2.37. The zero-order chi connectivity index (χ0) is 18.4. The molecule has 5 heteroatoms. The number of ether oxygens (including phenoxy) is 1. The molecule has 0 amide bonds. The number of benzene rings is 2. The average molecular weight is 385 g/mol. The Balaban J connectivity index is 1.88. The van der Waals surface area contributed by atoms with E-state index >= 15 is 0 Å². The van der Waals surface area contributed by atoms with Gasteiger partial charge in [0.05, 0.1) is 12.2 Å². The van der Waals surface area contributed by atoms with Crippen molar-refractivity contribution < 1.29 is 4.74 Å². The molecule has 0 atom stereocenters. The summed E-state index contributed by atoms with van der Waals surface area (Å²) in [5.41, 5.74) is 4.15. The Morgan fingerprint density at radius 1 is 1.00 bits per heavy atom. The topological polar surface area (TPSA) is 25.4 Å². The minimum absolute atomic E-state index is 0.440. The molecule has 0 N–H and O–H groups in total. The Bertz CT molecular complexity index is 843. The summed E-state index contributed by atoms with van der Waals surface area (Å²) in [6.07, 6.45) is 2.05. The molecule has 1 aromatic heterocycles. The first-order valence-corrected chi connectivity index (χ1v) is 9.93. The van der Waals surface area contributed by atoms with Crippen molar-refractivity contribution in [3.63, 3.8) is 0 Å². The van der Waals surface area contributed by atoms with Crippen molar-refractivity contribution in [3.05, 3.63) is 88.7 Å². The highest BCUT2D eigenvalue weighted by molar-refractivity contribution is 7.99. The maximum Gasteiger partial charge on any atom is 0.148 e. The molecule has 0 aliphatic carbocycles. The molecule has 0 fully saturated rings. The summed E-state index contributed by atoms with van der Waals surface area (Å²) in [4.78, 5) is 4.43. The summed E-state index contributed by atoms with van der Waals surface area (Å²) in [5, 5.41) is 0.440. The predicted molar refractivity (Wildman–Crippen MR) is 111 cm³/mol. The van der Waals surface area contributed by atoms with Crippen LogP contribution >= 0.6 is 23.5 Å². The molecular weight excluding hydrogens is 364 g/mol. The van der Waals surface area contributed by atoms with Crippen LogP contribution in [0.4, 0.5) is 5.69 Å². The van der Waals surface area contributed by atoms with Gasteiger partial charge in [-0.25, -0.2) is 4.98 Å². The van der Waals surface area contributed by atoms with Crippen LogP contribution in [0.15, 0.2) is 66.7 Å². The summed E-state index contributed by atoms with van der Waals surface area (Å²) in [5.74, 6) is 0.747. The van der Waals surface area contributed by atoms with E-state index in [0.29, 0.717) is 11.8 Å². The lowest BCUT2D eigenvalue weighted by Crippen LogP contribution is -2.16. The van der Waals surface area contributed by atoms with E-state index in [-0.39, 0.29) is 0 Å². The minimum Gasteiger partial charge on any atom is -0.487 e. The normalized spacial score (nSPS) is 10.6. The van der Waals surface area contributed by atoms with Gasteiger partial charge in [0.15, 0.2) is 0 Å². The van der Waals surface area contributed by atoms with Gasteiger partial charge in [0.25, 0.3) is 0 Å². The van der Waals surface area contributed by atoms with Crippen molar-refractivity contribution in [2.45, 2.75) is 20.1 Å². The Morgan fingerprint density at radius 2 is 1.62 bits per heavy atom. The van der Waals surface area contributed by atoms with E-state index in [1.807, 2.05) is 55.5 Å². The van der Waals surface area contributed by atoms with Gasteiger partial charge >= 0.3 is 0 Å². The van der Waals surface area contributed by atoms with Crippen molar-refractivity contribution in [2.24, 2.45) is 0 Å². The Kier molecular flexibility index (Phi) is 6.42. The number of anilines is 1. The molecule has 2 aromatic carbocycles. The van der Waals surface area contributed by atoms with Crippen LogP contribution in [0.25, 0.3) is 0 Å². The van der Waals surface area contributed by atoms with Crippen LogP contribution in [0.1, 0.15) is 16.8 Å². The number of rotatable bonds is 7. The molecular formula is C21H21ClN2OS. The Hall–Kier alpha value is -2.17. The van der Waals surface area contributed by atoms with Crippen molar-refractivity contribution in [2.75, 3.05) is 10.6 Å². The first-order chi connectivity index (χ1) is 12.7. The van der Waals surface area contributed by atoms with E-state index < -0.39 is 0 Å². The van der Waals surface area contributed by atoms with Gasteiger partial charge in [-0.2, -0.15) is 0 Å². The fourth-order valence-corrected chi connectivity index (χ4v) is 3.64. The van der Waals surface area contributed by atoms with Gasteiger partial charge < -0.3 is 9.04 Å². The van der Waals surface area contributed by atoms with Crippen molar-refractivity contribution in [3.8, 4) is 5.75 Å².